The van der Waals surface area contributed by atoms with Crippen LogP contribution in [0.5, 0.6) is 0 Å². The topological polar surface area (TPSA) is 62.0 Å². The third kappa shape index (κ3) is 6.00. The van der Waals surface area contributed by atoms with Crippen molar-refractivity contribution in [1.82, 2.24) is 10.6 Å². The Morgan fingerprint density at radius 1 is 1.14 bits per heavy atom. The molecular weight excluding hydrogens is 364 g/mol. The predicted octanol–water partition coefficient (Wildman–Crippen LogP) is 3.06. The van der Waals surface area contributed by atoms with Crippen LogP contribution in [0.25, 0.3) is 0 Å². The second-order valence-electron chi connectivity index (χ2n) is 7.94. The molecule has 1 aromatic heterocycles. The molecule has 2 aromatic rings. The van der Waals surface area contributed by atoms with E-state index in [4.69, 9.17) is 14.1 Å². The van der Waals surface area contributed by atoms with E-state index in [1.807, 2.05) is 12.1 Å². The first-order valence-corrected chi connectivity index (χ1v) is 10.8. The van der Waals surface area contributed by atoms with Gasteiger partial charge in [-0.3, -0.25) is 4.99 Å². The van der Waals surface area contributed by atoms with Crippen molar-refractivity contribution in [3.05, 3.63) is 54.5 Å². The van der Waals surface area contributed by atoms with Gasteiger partial charge in [0.15, 0.2) is 5.96 Å². The minimum atomic E-state index is 0.388. The number of ether oxygens (including phenoxy) is 1. The summed E-state index contributed by atoms with van der Waals surface area (Å²) >= 11 is 0. The van der Waals surface area contributed by atoms with Crippen LogP contribution in [-0.2, 0) is 11.2 Å². The Balaban J connectivity index is 1.34. The molecule has 0 aliphatic carbocycles. The highest BCUT2D eigenvalue weighted by Gasteiger charge is 2.21. The molecule has 156 valence electrons. The van der Waals surface area contributed by atoms with Crippen LogP contribution in [0.2, 0.25) is 0 Å². The molecule has 1 aromatic carbocycles. The van der Waals surface area contributed by atoms with E-state index in [1.54, 1.807) is 6.26 Å². The molecule has 2 aliphatic rings. The standard InChI is InChI=1S/C23H32N4O2/c1-2-7-21(8-3-1)27-13-4-6-20(17-27)26-23(25-16-19-11-15-28-18-19)24-12-10-22-9-5-14-29-22/h1-3,5,7-9,14,19-20H,4,6,10-13,15-18H2,(H2,24,25,26). The summed E-state index contributed by atoms with van der Waals surface area (Å²) in [6, 6.07) is 15.0. The maximum Gasteiger partial charge on any atom is 0.191 e. The number of hydrogen-bond acceptors (Lipinski definition) is 4. The van der Waals surface area contributed by atoms with Crippen LogP contribution in [0.15, 0.2) is 58.1 Å². The monoisotopic (exact) mass is 396 g/mol. The zero-order valence-corrected chi connectivity index (χ0v) is 17.1. The molecule has 2 atom stereocenters. The van der Waals surface area contributed by atoms with Crippen LogP contribution in [0, 0.1) is 5.92 Å². The van der Waals surface area contributed by atoms with E-state index in [0.717, 1.165) is 70.4 Å². The van der Waals surface area contributed by atoms with E-state index in [0.29, 0.717) is 12.0 Å². The smallest absolute Gasteiger partial charge is 0.191 e. The molecule has 3 heterocycles. The quantitative estimate of drug-likeness (QED) is 0.556. The van der Waals surface area contributed by atoms with Gasteiger partial charge in [0.2, 0.25) is 0 Å². The Morgan fingerprint density at radius 3 is 2.86 bits per heavy atom. The van der Waals surface area contributed by atoms with Crippen molar-refractivity contribution in [3.8, 4) is 0 Å². The second-order valence-corrected chi connectivity index (χ2v) is 7.94. The lowest BCUT2D eigenvalue weighted by Gasteiger charge is -2.35. The summed E-state index contributed by atoms with van der Waals surface area (Å²) in [7, 11) is 0. The van der Waals surface area contributed by atoms with Gasteiger partial charge in [-0.15, -0.1) is 0 Å². The summed E-state index contributed by atoms with van der Waals surface area (Å²) in [6.45, 7) is 5.41. The first-order valence-electron chi connectivity index (χ1n) is 10.8. The third-order valence-corrected chi connectivity index (χ3v) is 5.66. The maximum absolute atomic E-state index is 5.50. The van der Waals surface area contributed by atoms with E-state index in [1.165, 1.54) is 12.1 Å². The lowest BCUT2D eigenvalue weighted by atomic mass is 10.0. The van der Waals surface area contributed by atoms with Crippen molar-refractivity contribution in [2.24, 2.45) is 10.9 Å². The Labute approximate surface area is 173 Å². The summed E-state index contributed by atoms with van der Waals surface area (Å²) in [5.41, 5.74) is 1.30. The molecule has 2 unspecified atom stereocenters. The van der Waals surface area contributed by atoms with Crippen LogP contribution in [0.3, 0.4) is 0 Å². The highest BCUT2D eigenvalue weighted by Crippen LogP contribution is 2.19. The van der Waals surface area contributed by atoms with Gasteiger partial charge in [-0.2, -0.15) is 0 Å². The highest BCUT2D eigenvalue weighted by molar-refractivity contribution is 5.80. The van der Waals surface area contributed by atoms with Crippen molar-refractivity contribution in [3.63, 3.8) is 0 Å². The summed E-state index contributed by atoms with van der Waals surface area (Å²) in [5.74, 6) is 2.43. The molecule has 2 N–H and O–H groups in total. The van der Waals surface area contributed by atoms with Gasteiger partial charge in [0.25, 0.3) is 0 Å². The molecule has 0 spiro atoms. The van der Waals surface area contributed by atoms with Crippen molar-refractivity contribution < 1.29 is 9.15 Å². The SMILES string of the molecule is c1ccc(N2CCCC(NC(=NCC3CCOC3)NCCc3ccco3)C2)cc1. The lowest BCUT2D eigenvalue weighted by molar-refractivity contribution is 0.187. The molecule has 4 rings (SSSR count). The van der Waals surface area contributed by atoms with Gasteiger partial charge in [0.1, 0.15) is 5.76 Å². The number of piperidine rings is 1. The molecule has 2 fully saturated rings. The Hall–Kier alpha value is -2.47. The first-order chi connectivity index (χ1) is 14.4. The average molecular weight is 397 g/mol. The van der Waals surface area contributed by atoms with Crippen LogP contribution < -0.4 is 15.5 Å². The van der Waals surface area contributed by atoms with Gasteiger partial charge < -0.3 is 24.7 Å². The van der Waals surface area contributed by atoms with Crippen LogP contribution >= 0.6 is 0 Å². The van der Waals surface area contributed by atoms with Crippen molar-refractivity contribution >= 4 is 11.6 Å². The van der Waals surface area contributed by atoms with Crippen LogP contribution in [0.1, 0.15) is 25.0 Å². The zero-order valence-electron chi connectivity index (χ0n) is 17.1. The molecule has 0 amide bonds. The molecule has 6 heteroatoms. The second kappa shape index (κ2) is 10.3. The minimum Gasteiger partial charge on any atom is -0.469 e. The number of anilines is 1. The molecule has 6 nitrogen and oxygen atoms in total. The van der Waals surface area contributed by atoms with Gasteiger partial charge >= 0.3 is 0 Å². The van der Waals surface area contributed by atoms with E-state index in [-0.39, 0.29) is 0 Å². The van der Waals surface area contributed by atoms with E-state index < -0.39 is 0 Å². The first kappa shape index (κ1) is 19.8. The molecule has 2 aliphatic heterocycles. The zero-order chi connectivity index (χ0) is 19.7. The predicted molar refractivity (Wildman–Crippen MR) is 116 cm³/mol. The van der Waals surface area contributed by atoms with Crippen molar-refractivity contribution in [2.45, 2.75) is 31.7 Å². The van der Waals surface area contributed by atoms with Gasteiger partial charge in [-0.1, -0.05) is 18.2 Å². The van der Waals surface area contributed by atoms with E-state index in [2.05, 4.69) is 45.9 Å². The molecule has 29 heavy (non-hydrogen) atoms. The lowest BCUT2D eigenvalue weighted by Crippen LogP contribution is -2.51. The molecular formula is C23H32N4O2. The Kier molecular flexibility index (Phi) is 7.08. The fraction of sp³-hybridized carbons (Fsp3) is 0.522. The Morgan fingerprint density at radius 2 is 2.07 bits per heavy atom. The highest BCUT2D eigenvalue weighted by atomic mass is 16.5. The fourth-order valence-electron chi connectivity index (χ4n) is 4.02. The molecule has 2 saturated heterocycles. The summed E-state index contributed by atoms with van der Waals surface area (Å²) in [5, 5.41) is 7.19. The number of aliphatic imine (C=N–C) groups is 1. The number of rotatable bonds is 7. The normalized spacial score (nSPS) is 22.6. The van der Waals surface area contributed by atoms with E-state index >= 15 is 0 Å². The van der Waals surface area contributed by atoms with E-state index in [9.17, 15) is 0 Å². The minimum absolute atomic E-state index is 0.388. The summed E-state index contributed by atoms with van der Waals surface area (Å²) in [6.07, 6.45) is 6.02. The summed E-state index contributed by atoms with van der Waals surface area (Å²) in [4.78, 5) is 7.35. The number of nitrogens with zero attached hydrogens (tertiary/aromatic N) is 2. The van der Waals surface area contributed by atoms with Gasteiger partial charge in [0, 0.05) is 56.9 Å². The molecule has 0 saturated carbocycles. The molecule has 0 bridgehead atoms. The van der Waals surface area contributed by atoms with Gasteiger partial charge in [-0.25, -0.2) is 0 Å². The summed E-state index contributed by atoms with van der Waals surface area (Å²) < 4.78 is 10.9. The van der Waals surface area contributed by atoms with Crippen LogP contribution in [-0.4, -0.2) is 51.4 Å². The number of guanidine groups is 1. The third-order valence-electron chi connectivity index (χ3n) is 5.66. The average Bonchev–Trinajstić information content (AvgIpc) is 3.47. The van der Waals surface area contributed by atoms with Crippen LogP contribution in [0.4, 0.5) is 5.69 Å². The number of nitrogens with one attached hydrogen (secondary N) is 2. The van der Waals surface area contributed by atoms with Gasteiger partial charge in [0.05, 0.1) is 12.9 Å². The largest absolute Gasteiger partial charge is 0.469 e. The Bertz CT molecular complexity index is 742. The number of furan rings is 1. The molecule has 0 radical (unpaired) electrons. The van der Waals surface area contributed by atoms with Gasteiger partial charge in [-0.05, 0) is 43.5 Å². The fourth-order valence-corrected chi connectivity index (χ4v) is 4.02. The van der Waals surface area contributed by atoms with Crippen molar-refractivity contribution in [2.75, 3.05) is 44.3 Å². The number of para-hydroxylation sites is 1. The van der Waals surface area contributed by atoms with Crippen molar-refractivity contribution in [1.29, 1.82) is 0 Å². The number of benzene rings is 1. The number of hydrogen-bond donors (Lipinski definition) is 2. The maximum atomic E-state index is 5.50.